The summed E-state index contributed by atoms with van der Waals surface area (Å²) in [5.41, 5.74) is 2.39. The van der Waals surface area contributed by atoms with E-state index in [4.69, 9.17) is 0 Å². The minimum atomic E-state index is -0.310. The second kappa shape index (κ2) is 6.91. The summed E-state index contributed by atoms with van der Waals surface area (Å²) in [6, 6.07) is 1.52. The molecule has 24 heavy (non-hydrogen) atoms. The molecule has 2 aromatic heterocycles. The van der Waals surface area contributed by atoms with Crippen LogP contribution in [0.5, 0.6) is 5.75 Å². The summed E-state index contributed by atoms with van der Waals surface area (Å²) >= 11 is 1.27. The Bertz CT molecular complexity index is 742. The van der Waals surface area contributed by atoms with Crippen LogP contribution in [0.1, 0.15) is 28.9 Å². The second-order valence-electron chi connectivity index (χ2n) is 5.68. The van der Waals surface area contributed by atoms with Crippen LogP contribution in [0, 0.1) is 12.8 Å². The predicted octanol–water partition coefficient (Wildman–Crippen LogP) is 1.44. The Kier molecular flexibility index (Phi) is 4.70. The van der Waals surface area contributed by atoms with E-state index in [-0.39, 0.29) is 29.2 Å². The van der Waals surface area contributed by atoms with Crippen molar-refractivity contribution >= 4 is 28.3 Å². The van der Waals surface area contributed by atoms with Crippen LogP contribution in [0.15, 0.2) is 17.8 Å². The van der Waals surface area contributed by atoms with E-state index < -0.39 is 0 Å². The van der Waals surface area contributed by atoms with Crippen LogP contribution in [0.3, 0.4) is 0 Å². The van der Waals surface area contributed by atoms with Gasteiger partial charge < -0.3 is 15.3 Å². The van der Waals surface area contributed by atoms with Crippen molar-refractivity contribution in [3.63, 3.8) is 0 Å². The molecule has 0 spiro atoms. The van der Waals surface area contributed by atoms with Gasteiger partial charge in [0.15, 0.2) is 5.69 Å². The highest BCUT2D eigenvalue weighted by Gasteiger charge is 2.29. The van der Waals surface area contributed by atoms with Crippen molar-refractivity contribution in [3.8, 4) is 5.75 Å². The average Bonchev–Trinajstić information content (AvgIpc) is 3.07. The summed E-state index contributed by atoms with van der Waals surface area (Å²) in [6.45, 7) is 2.69. The zero-order valence-corrected chi connectivity index (χ0v) is 13.9. The standard InChI is InChI=1S/C15H17N5O3S/c1-9-6-11(21)12(16-7-9)14(23)20-4-2-10(3-5-20)13(22)18-15-19-17-8-24-15/h6-8,10,21H,2-5H2,1H3,(H,18,19,22). The number of anilines is 1. The fourth-order valence-electron chi connectivity index (χ4n) is 2.65. The highest BCUT2D eigenvalue weighted by Crippen LogP contribution is 2.23. The fraction of sp³-hybridized carbons (Fsp3) is 0.400. The highest BCUT2D eigenvalue weighted by atomic mass is 32.1. The number of hydrogen-bond acceptors (Lipinski definition) is 7. The number of hydrogen-bond donors (Lipinski definition) is 2. The average molecular weight is 347 g/mol. The number of likely N-dealkylation sites (tertiary alicyclic amines) is 1. The van der Waals surface area contributed by atoms with Gasteiger partial charge in [-0.1, -0.05) is 11.3 Å². The van der Waals surface area contributed by atoms with E-state index in [9.17, 15) is 14.7 Å². The molecule has 1 aliphatic heterocycles. The molecular formula is C15H17N5O3S. The molecule has 126 valence electrons. The van der Waals surface area contributed by atoms with Gasteiger partial charge in [-0.3, -0.25) is 9.59 Å². The van der Waals surface area contributed by atoms with Crippen LogP contribution < -0.4 is 5.32 Å². The summed E-state index contributed by atoms with van der Waals surface area (Å²) in [6.07, 6.45) is 2.67. The molecule has 2 amide bonds. The molecule has 9 heteroatoms. The topological polar surface area (TPSA) is 108 Å². The molecule has 0 unspecified atom stereocenters. The number of aromatic nitrogens is 3. The second-order valence-corrected chi connectivity index (χ2v) is 6.51. The molecule has 0 aromatic carbocycles. The van der Waals surface area contributed by atoms with Gasteiger partial charge in [-0.15, -0.1) is 10.2 Å². The van der Waals surface area contributed by atoms with Crippen LogP contribution in [-0.4, -0.2) is 50.1 Å². The molecule has 1 aliphatic rings. The van der Waals surface area contributed by atoms with Gasteiger partial charge in [0.1, 0.15) is 11.3 Å². The van der Waals surface area contributed by atoms with Gasteiger partial charge in [0.05, 0.1) is 0 Å². The van der Waals surface area contributed by atoms with Crippen LogP contribution in [-0.2, 0) is 4.79 Å². The maximum absolute atomic E-state index is 12.5. The number of carbonyl (C=O) groups excluding carboxylic acids is 2. The number of rotatable bonds is 3. The monoisotopic (exact) mass is 347 g/mol. The van der Waals surface area contributed by atoms with Crippen molar-refractivity contribution in [2.75, 3.05) is 18.4 Å². The van der Waals surface area contributed by atoms with Crippen molar-refractivity contribution in [3.05, 3.63) is 29.0 Å². The number of carbonyl (C=O) groups is 2. The van der Waals surface area contributed by atoms with Crippen LogP contribution >= 0.6 is 11.3 Å². The van der Waals surface area contributed by atoms with Gasteiger partial charge in [0, 0.05) is 25.2 Å². The predicted molar refractivity (Wildman–Crippen MR) is 87.8 cm³/mol. The summed E-state index contributed by atoms with van der Waals surface area (Å²) in [7, 11) is 0. The first-order valence-electron chi connectivity index (χ1n) is 7.56. The van der Waals surface area contributed by atoms with Crippen LogP contribution in [0.4, 0.5) is 5.13 Å². The molecule has 1 fully saturated rings. The molecule has 2 N–H and O–H groups in total. The van der Waals surface area contributed by atoms with Crippen molar-refractivity contribution in [2.24, 2.45) is 5.92 Å². The van der Waals surface area contributed by atoms with E-state index in [2.05, 4.69) is 20.5 Å². The molecule has 2 aromatic rings. The van der Waals surface area contributed by atoms with E-state index in [0.29, 0.717) is 31.1 Å². The number of aryl methyl sites for hydroxylation is 1. The molecule has 0 atom stereocenters. The number of piperidine rings is 1. The lowest BCUT2D eigenvalue weighted by atomic mass is 9.95. The molecule has 0 saturated carbocycles. The van der Waals surface area contributed by atoms with Crippen molar-refractivity contribution in [2.45, 2.75) is 19.8 Å². The van der Waals surface area contributed by atoms with Crippen molar-refractivity contribution in [1.29, 1.82) is 0 Å². The van der Waals surface area contributed by atoms with E-state index in [1.165, 1.54) is 17.4 Å². The lowest BCUT2D eigenvalue weighted by Crippen LogP contribution is -2.41. The Morgan fingerprint density at radius 2 is 2.12 bits per heavy atom. The summed E-state index contributed by atoms with van der Waals surface area (Å²) in [5.74, 6) is -0.695. The zero-order chi connectivity index (χ0) is 17.1. The smallest absolute Gasteiger partial charge is 0.276 e. The summed E-state index contributed by atoms with van der Waals surface area (Å²) in [5, 5.41) is 20.6. The third-order valence-corrected chi connectivity index (χ3v) is 4.56. The molecule has 3 heterocycles. The van der Waals surface area contributed by atoms with Gasteiger partial charge in [-0.05, 0) is 31.4 Å². The number of aromatic hydroxyl groups is 1. The quantitative estimate of drug-likeness (QED) is 0.870. The third-order valence-electron chi connectivity index (χ3n) is 3.95. The van der Waals surface area contributed by atoms with Crippen molar-refractivity contribution in [1.82, 2.24) is 20.1 Å². The Labute approximate surface area is 142 Å². The molecule has 0 bridgehead atoms. The molecule has 1 saturated heterocycles. The maximum atomic E-state index is 12.5. The van der Waals surface area contributed by atoms with Gasteiger partial charge in [0.2, 0.25) is 11.0 Å². The van der Waals surface area contributed by atoms with Gasteiger partial charge in [0.25, 0.3) is 5.91 Å². The minimum Gasteiger partial charge on any atom is -0.505 e. The first-order valence-corrected chi connectivity index (χ1v) is 8.44. The SMILES string of the molecule is Cc1cnc(C(=O)N2CCC(C(=O)Nc3nncs3)CC2)c(O)c1. The number of nitrogens with zero attached hydrogens (tertiary/aromatic N) is 4. The molecule has 0 aliphatic carbocycles. The van der Waals surface area contributed by atoms with Crippen LogP contribution in [0.25, 0.3) is 0 Å². The van der Waals surface area contributed by atoms with Crippen molar-refractivity contribution < 1.29 is 14.7 Å². The Morgan fingerprint density at radius 1 is 1.38 bits per heavy atom. The summed E-state index contributed by atoms with van der Waals surface area (Å²) < 4.78 is 0. The normalized spacial score (nSPS) is 15.3. The van der Waals surface area contributed by atoms with E-state index in [1.54, 1.807) is 23.5 Å². The Morgan fingerprint density at radius 3 is 2.75 bits per heavy atom. The lowest BCUT2D eigenvalue weighted by molar-refractivity contribution is -0.121. The molecular weight excluding hydrogens is 330 g/mol. The van der Waals surface area contributed by atoms with E-state index in [1.807, 2.05) is 0 Å². The van der Waals surface area contributed by atoms with Gasteiger partial charge in [-0.2, -0.15) is 0 Å². The largest absolute Gasteiger partial charge is 0.505 e. The Balaban J connectivity index is 1.58. The number of pyridine rings is 1. The first kappa shape index (κ1) is 16.3. The molecule has 0 radical (unpaired) electrons. The molecule has 3 rings (SSSR count). The first-order chi connectivity index (χ1) is 11.5. The van der Waals surface area contributed by atoms with Gasteiger partial charge >= 0.3 is 0 Å². The van der Waals surface area contributed by atoms with Crippen LogP contribution in [0.2, 0.25) is 0 Å². The maximum Gasteiger partial charge on any atom is 0.276 e. The minimum absolute atomic E-state index is 0.0531. The molecule has 8 nitrogen and oxygen atoms in total. The summed E-state index contributed by atoms with van der Waals surface area (Å²) in [4.78, 5) is 30.3. The van der Waals surface area contributed by atoms with E-state index >= 15 is 0 Å². The van der Waals surface area contributed by atoms with E-state index in [0.717, 1.165) is 5.56 Å². The Hall–Kier alpha value is -2.55. The lowest BCUT2D eigenvalue weighted by Gasteiger charge is -2.31. The fourth-order valence-corrected chi connectivity index (χ4v) is 3.10. The third kappa shape index (κ3) is 3.51. The highest BCUT2D eigenvalue weighted by molar-refractivity contribution is 7.13. The van der Waals surface area contributed by atoms with Gasteiger partial charge in [-0.25, -0.2) is 4.98 Å². The number of amides is 2. The zero-order valence-electron chi connectivity index (χ0n) is 13.1. The number of nitrogens with one attached hydrogen (secondary N) is 1.